The maximum absolute atomic E-state index is 13.1. The van der Waals surface area contributed by atoms with Crippen LogP contribution in [0.1, 0.15) is 31.2 Å². The molecule has 0 aliphatic carbocycles. The van der Waals surface area contributed by atoms with Gasteiger partial charge in [-0.2, -0.15) is 4.31 Å². The van der Waals surface area contributed by atoms with Gasteiger partial charge in [0.15, 0.2) is 0 Å². The molecule has 3 aliphatic rings. The Morgan fingerprint density at radius 3 is 2.93 bits per heavy atom. The van der Waals surface area contributed by atoms with Gasteiger partial charge in [0.2, 0.25) is 15.9 Å². The molecule has 2 saturated heterocycles. The van der Waals surface area contributed by atoms with E-state index in [9.17, 15) is 13.2 Å². The summed E-state index contributed by atoms with van der Waals surface area (Å²) in [7, 11) is -3.52. The van der Waals surface area contributed by atoms with Gasteiger partial charge in [-0.05, 0) is 61.9 Å². The Labute approximate surface area is 172 Å². The maximum Gasteiger partial charge on any atom is 0.243 e. The quantitative estimate of drug-likeness (QED) is 0.736. The summed E-state index contributed by atoms with van der Waals surface area (Å²) in [5.41, 5.74) is 0.959. The number of carbonyl (C=O) groups is 1. The molecule has 4 rings (SSSR count). The molecule has 2 N–H and O–H groups in total. The summed E-state index contributed by atoms with van der Waals surface area (Å²) in [5, 5.41) is 6.19. The molecule has 28 heavy (non-hydrogen) atoms. The number of carbonyl (C=O) groups excluding carboxylic acids is 1. The van der Waals surface area contributed by atoms with E-state index in [0.717, 1.165) is 50.0 Å². The Hall–Kier alpha value is -1.35. The Kier molecular flexibility index (Phi) is 6.85. The third-order valence-electron chi connectivity index (χ3n) is 5.72. The van der Waals surface area contributed by atoms with Crippen LogP contribution >= 0.6 is 12.4 Å². The summed E-state index contributed by atoms with van der Waals surface area (Å²) < 4.78 is 33.2. The van der Waals surface area contributed by atoms with Crippen LogP contribution in [-0.2, 0) is 21.2 Å². The highest BCUT2D eigenvalue weighted by atomic mass is 35.5. The zero-order chi connectivity index (χ0) is 18.9. The third kappa shape index (κ3) is 4.45. The van der Waals surface area contributed by atoms with E-state index >= 15 is 0 Å². The number of sulfonamides is 1. The minimum Gasteiger partial charge on any atom is -0.493 e. The second kappa shape index (κ2) is 8.98. The fourth-order valence-electron chi connectivity index (χ4n) is 4.16. The summed E-state index contributed by atoms with van der Waals surface area (Å²) in [5.74, 6) is 0.969. The van der Waals surface area contributed by atoms with Gasteiger partial charge in [0.1, 0.15) is 5.75 Å². The van der Waals surface area contributed by atoms with E-state index in [2.05, 4.69) is 10.6 Å². The Balaban J connectivity index is 0.00000225. The van der Waals surface area contributed by atoms with Gasteiger partial charge < -0.3 is 15.4 Å². The number of halogens is 1. The number of hydrogen-bond acceptors (Lipinski definition) is 5. The lowest BCUT2D eigenvalue weighted by Crippen LogP contribution is -2.46. The SMILES string of the molecule is Cl.O=C(NCC1CCCN(S(=O)(=O)c2ccc3c(c2)CCO3)C1)C1CCCN1. The molecule has 9 heteroatoms. The molecule has 0 bridgehead atoms. The van der Waals surface area contributed by atoms with Crippen molar-refractivity contribution in [3.05, 3.63) is 23.8 Å². The summed E-state index contributed by atoms with van der Waals surface area (Å²) in [6.45, 7) is 3.01. The molecular weight excluding hydrogens is 402 g/mol. The van der Waals surface area contributed by atoms with E-state index in [0.29, 0.717) is 31.1 Å². The number of rotatable bonds is 5. The topological polar surface area (TPSA) is 87.7 Å². The van der Waals surface area contributed by atoms with Crippen molar-refractivity contribution in [3.63, 3.8) is 0 Å². The largest absolute Gasteiger partial charge is 0.493 e. The number of fused-ring (bicyclic) bond motifs is 1. The summed E-state index contributed by atoms with van der Waals surface area (Å²) >= 11 is 0. The number of piperidine rings is 1. The number of amides is 1. The van der Waals surface area contributed by atoms with Crippen molar-refractivity contribution in [1.29, 1.82) is 0 Å². The van der Waals surface area contributed by atoms with Gasteiger partial charge >= 0.3 is 0 Å². The molecule has 1 aromatic carbocycles. The van der Waals surface area contributed by atoms with Crippen molar-refractivity contribution in [1.82, 2.24) is 14.9 Å². The van der Waals surface area contributed by atoms with Gasteiger partial charge in [0.25, 0.3) is 0 Å². The first-order valence-corrected chi connectivity index (χ1v) is 11.2. The van der Waals surface area contributed by atoms with Crippen molar-refractivity contribution in [2.75, 3.05) is 32.8 Å². The minimum absolute atomic E-state index is 0. The number of benzene rings is 1. The second-order valence-corrected chi connectivity index (χ2v) is 9.57. The van der Waals surface area contributed by atoms with Crippen LogP contribution in [0.2, 0.25) is 0 Å². The molecule has 156 valence electrons. The van der Waals surface area contributed by atoms with Gasteiger partial charge in [-0.25, -0.2) is 8.42 Å². The fourth-order valence-corrected chi connectivity index (χ4v) is 5.77. The van der Waals surface area contributed by atoms with E-state index in [4.69, 9.17) is 4.74 Å². The molecule has 3 heterocycles. The van der Waals surface area contributed by atoms with Crippen molar-refractivity contribution >= 4 is 28.3 Å². The van der Waals surface area contributed by atoms with E-state index < -0.39 is 10.0 Å². The second-order valence-electron chi connectivity index (χ2n) is 7.63. The number of hydrogen-bond donors (Lipinski definition) is 2. The highest BCUT2D eigenvalue weighted by Crippen LogP contribution is 2.30. The van der Waals surface area contributed by atoms with Crippen molar-refractivity contribution in [2.45, 2.75) is 43.0 Å². The van der Waals surface area contributed by atoms with Crippen LogP contribution in [0, 0.1) is 5.92 Å². The zero-order valence-electron chi connectivity index (χ0n) is 15.9. The average Bonchev–Trinajstić information content (AvgIpc) is 3.37. The van der Waals surface area contributed by atoms with Crippen LogP contribution in [0.3, 0.4) is 0 Å². The van der Waals surface area contributed by atoms with Gasteiger partial charge in [-0.15, -0.1) is 12.4 Å². The number of nitrogens with one attached hydrogen (secondary N) is 2. The maximum atomic E-state index is 13.1. The average molecular weight is 430 g/mol. The first kappa shape index (κ1) is 21.4. The van der Waals surface area contributed by atoms with Crippen molar-refractivity contribution < 1.29 is 17.9 Å². The lowest BCUT2D eigenvalue weighted by Gasteiger charge is -2.32. The molecule has 0 aromatic heterocycles. The first-order valence-electron chi connectivity index (χ1n) is 9.81. The highest BCUT2D eigenvalue weighted by molar-refractivity contribution is 7.89. The van der Waals surface area contributed by atoms with Crippen LogP contribution in [0.15, 0.2) is 23.1 Å². The van der Waals surface area contributed by atoms with Gasteiger partial charge in [0, 0.05) is 26.1 Å². The van der Waals surface area contributed by atoms with E-state index in [1.54, 1.807) is 22.5 Å². The Morgan fingerprint density at radius 2 is 2.14 bits per heavy atom. The minimum atomic E-state index is -3.52. The standard InChI is InChI=1S/C19H27N3O4S.ClH/c23-19(17-4-1-8-20-17)21-12-14-3-2-9-22(13-14)27(24,25)16-5-6-18-15(11-16)7-10-26-18;/h5-6,11,14,17,20H,1-4,7-10,12-13H2,(H,21,23);1H. The van der Waals surface area contributed by atoms with Crippen molar-refractivity contribution in [2.24, 2.45) is 5.92 Å². The summed E-state index contributed by atoms with van der Waals surface area (Å²) in [6, 6.07) is 5.04. The van der Waals surface area contributed by atoms with Gasteiger partial charge in [-0.3, -0.25) is 4.79 Å². The Bertz CT molecular complexity index is 811. The van der Waals surface area contributed by atoms with Gasteiger partial charge in [-0.1, -0.05) is 0 Å². The molecule has 3 aliphatic heterocycles. The predicted molar refractivity (Wildman–Crippen MR) is 108 cm³/mol. The zero-order valence-corrected chi connectivity index (χ0v) is 17.5. The van der Waals surface area contributed by atoms with Crippen LogP contribution < -0.4 is 15.4 Å². The number of ether oxygens (including phenoxy) is 1. The smallest absolute Gasteiger partial charge is 0.243 e. The molecule has 1 amide bonds. The van der Waals surface area contributed by atoms with E-state index in [-0.39, 0.29) is 30.3 Å². The van der Waals surface area contributed by atoms with Crippen LogP contribution in [0.5, 0.6) is 5.75 Å². The van der Waals surface area contributed by atoms with Crippen molar-refractivity contribution in [3.8, 4) is 5.75 Å². The van der Waals surface area contributed by atoms with Crippen LogP contribution in [0.25, 0.3) is 0 Å². The van der Waals surface area contributed by atoms with Crippen LogP contribution in [0.4, 0.5) is 0 Å². The lowest BCUT2D eigenvalue weighted by molar-refractivity contribution is -0.123. The third-order valence-corrected chi connectivity index (χ3v) is 7.58. The van der Waals surface area contributed by atoms with Crippen LogP contribution in [-0.4, -0.2) is 57.5 Å². The first-order chi connectivity index (χ1) is 13.0. The molecule has 1 aromatic rings. The predicted octanol–water partition coefficient (Wildman–Crippen LogP) is 1.31. The monoisotopic (exact) mass is 429 g/mol. The molecular formula is C19H28ClN3O4S. The number of nitrogens with zero attached hydrogens (tertiary/aromatic N) is 1. The molecule has 2 fully saturated rings. The van der Waals surface area contributed by atoms with E-state index in [1.807, 2.05) is 0 Å². The fraction of sp³-hybridized carbons (Fsp3) is 0.632. The molecule has 0 spiro atoms. The highest BCUT2D eigenvalue weighted by Gasteiger charge is 2.32. The molecule has 2 atom stereocenters. The molecule has 0 saturated carbocycles. The summed E-state index contributed by atoms with van der Waals surface area (Å²) in [4.78, 5) is 12.5. The van der Waals surface area contributed by atoms with Gasteiger partial charge in [0.05, 0.1) is 17.5 Å². The Morgan fingerprint density at radius 1 is 1.29 bits per heavy atom. The normalized spacial score (nSPS) is 24.9. The molecule has 2 unspecified atom stereocenters. The molecule has 7 nitrogen and oxygen atoms in total. The summed E-state index contributed by atoms with van der Waals surface area (Å²) in [6.07, 6.45) is 4.40. The molecule has 0 radical (unpaired) electrons. The lowest BCUT2D eigenvalue weighted by atomic mass is 9.99. The van der Waals surface area contributed by atoms with E-state index in [1.165, 1.54) is 0 Å².